The molecule has 0 aliphatic heterocycles. The van der Waals surface area contributed by atoms with Gasteiger partial charge >= 0.3 is 11.9 Å². The molecule has 0 bridgehead atoms. The van der Waals surface area contributed by atoms with Crippen LogP contribution in [0, 0.1) is 51.8 Å². The second-order valence-electron chi connectivity index (χ2n) is 14.2. The van der Waals surface area contributed by atoms with Crippen LogP contribution in [0.1, 0.15) is 106 Å². The van der Waals surface area contributed by atoms with E-state index in [0.717, 1.165) is 57.8 Å². The van der Waals surface area contributed by atoms with Crippen LogP contribution >= 0.6 is 0 Å². The van der Waals surface area contributed by atoms with E-state index in [-0.39, 0.29) is 46.8 Å². The molecule has 0 aromatic heterocycles. The lowest BCUT2D eigenvalue weighted by Gasteiger charge is -2.63. The number of methoxy groups -OCH3 is 1. The van der Waals surface area contributed by atoms with E-state index in [1.807, 2.05) is 20.8 Å². The van der Waals surface area contributed by atoms with Crippen molar-refractivity contribution < 1.29 is 29.3 Å². The van der Waals surface area contributed by atoms with Gasteiger partial charge in [-0.3, -0.25) is 9.59 Å². The summed E-state index contributed by atoms with van der Waals surface area (Å²) in [6.07, 6.45) is 7.30. The van der Waals surface area contributed by atoms with Crippen LogP contribution in [0.3, 0.4) is 0 Å². The van der Waals surface area contributed by atoms with Crippen molar-refractivity contribution in [1.82, 2.24) is 0 Å². The lowest BCUT2D eigenvalue weighted by molar-refractivity contribution is -0.210. The van der Waals surface area contributed by atoms with Crippen molar-refractivity contribution in [1.29, 1.82) is 0 Å². The number of aliphatic hydroxyl groups excluding tert-OH is 2. The molecule has 7 unspecified atom stereocenters. The highest BCUT2D eigenvalue weighted by Gasteiger charge is 2.65. The van der Waals surface area contributed by atoms with Gasteiger partial charge in [0.15, 0.2) is 0 Å². The summed E-state index contributed by atoms with van der Waals surface area (Å²) in [6, 6.07) is 0. The molecule has 212 valence electrons. The minimum atomic E-state index is -0.469. The number of aliphatic hydroxyl groups is 2. The summed E-state index contributed by atoms with van der Waals surface area (Å²) >= 11 is 0. The molecule has 2 N–H and O–H groups in total. The zero-order chi connectivity index (χ0) is 27.3. The molecule has 6 nitrogen and oxygen atoms in total. The van der Waals surface area contributed by atoms with Crippen LogP contribution in [0.15, 0.2) is 0 Å². The van der Waals surface area contributed by atoms with Gasteiger partial charge in [-0.2, -0.15) is 0 Å². The highest BCUT2D eigenvalue weighted by molar-refractivity contribution is 5.76. The highest BCUT2D eigenvalue weighted by Crippen LogP contribution is 2.68. The van der Waals surface area contributed by atoms with E-state index in [4.69, 9.17) is 9.47 Å². The van der Waals surface area contributed by atoms with Crippen LogP contribution in [0.2, 0.25) is 0 Å². The van der Waals surface area contributed by atoms with Crippen LogP contribution in [0.5, 0.6) is 0 Å². The number of esters is 2. The first kappa shape index (κ1) is 28.9. The van der Waals surface area contributed by atoms with E-state index in [0.29, 0.717) is 30.1 Å². The van der Waals surface area contributed by atoms with E-state index in [2.05, 4.69) is 20.8 Å². The number of rotatable bonds is 7. The van der Waals surface area contributed by atoms with Crippen molar-refractivity contribution in [3.8, 4) is 0 Å². The van der Waals surface area contributed by atoms with E-state index < -0.39 is 11.5 Å². The van der Waals surface area contributed by atoms with Gasteiger partial charge in [0.2, 0.25) is 0 Å². The Bertz CT molecular complexity index is 855. The third kappa shape index (κ3) is 4.88. The van der Waals surface area contributed by atoms with Crippen LogP contribution < -0.4 is 0 Å². The molecule has 4 saturated carbocycles. The average molecular weight is 521 g/mol. The molecule has 0 spiro atoms. The van der Waals surface area contributed by atoms with Gasteiger partial charge in [0.1, 0.15) is 6.10 Å². The fourth-order valence-corrected chi connectivity index (χ4v) is 9.33. The van der Waals surface area contributed by atoms with Crippen molar-refractivity contribution in [2.24, 2.45) is 51.8 Å². The molecule has 4 fully saturated rings. The number of fused-ring (bicyclic) bond motifs is 5. The summed E-state index contributed by atoms with van der Waals surface area (Å²) in [5.41, 5.74) is -0.661. The smallest absolute Gasteiger partial charge is 0.311 e. The maximum absolute atomic E-state index is 12.8. The molecule has 6 heteroatoms. The Balaban J connectivity index is 1.50. The minimum absolute atomic E-state index is 0.0456. The summed E-state index contributed by atoms with van der Waals surface area (Å²) in [5.74, 6) is 1.45. The Kier molecular flexibility index (Phi) is 8.15. The molecule has 4 aliphatic carbocycles. The summed E-state index contributed by atoms with van der Waals surface area (Å²) < 4.78 is 10.9. The molecule has 11 atom stereocenters. The van der Waals surface area contributed by atoms with Gasteiger partial charge in [0.05, 0.1) is 24.7 Å². The summed E-state index contributed by atoms with van der Waals surface area (Å²) in [4.78, 5) is 24.5. The molecule has 37 heavy (non-hydrogen) atoms. The zero-order valence-electron chi connectivity index (χ0n) is 24.3. The Morgan fingerprint density at radius 1 is 1.05 bits per heavy atom. The molecule has 0 heterocycles. The first-order valence-electron chi connectivity index (χ1n) is 14.9. The van der Waals surface area contributed by atoms with E-state index >= 15 is 0 Å². The van der Waals surface area contributed by atoms with Gasteiger partial charge in [0, 0.05) is 6.42 Å². The largest absolute Gasteiger partial charge is 0.469 e. The molecule has 4 aliphatic rings. The van der Waals surface area contributed by atoms with E-state index in [1.54, 1.807) is 0 Å². The van der Waals surface area contributed by atoms with Gasteiger partial charge in [-0.15, -0.1) is 0 Å². The molecule has 0 saturated heterocycles. The van der Waals surface area contributed by atoms with Crippen LogP contribution in [0.4, 0.5) is 0 Å². The minimum Gasteiger partial charge on any atom is -0.469 e. The average Bonchev–Trinajstić information content (AvgIpc) is 3.22. The molecule has 0 radical (unpaired) electrons. The molecule has 4 rings (SSSR count). The van der Waals surface area contributed by atoms with Gasteiger partial charge < -0.3 is 19.7 Å². The summed E-state index contributed by atoms with van der Waals surface area (Å²) in [6.45, 7) is 12.8. The van der Waals surface area contributed by atoms with Crippen LogP contribution in [0.25, 0.3) is 0 Å². The number of hydrogen-bond acceptors (Lipinski definition) is 6. The van der Waals surface area contributed by atoms with Crippen molar-refractivity contribution in [2.75, 3.05) is 7.11 Å². The standard InChI is InChI=1S/C31H52O6/c1-8-29(3,4)28(35)37-20-13-14-30(5)19(15-20)16-24(32)27-22-11-10-21(18(2)9-12-26(34)36-7)31(22,6)25(33)17-23(27)30/h18-25,27,32-33H,8-17H2,1-7H3/t18?,19?,20-,21?,22?,23?,24?,25-,27?,30-,31+/m0/s1. The topological polar surface area (TPSA) is 93.1 Å². The Labute approximate surface area is 224 Å². The number of carbonyl (C=O) groups excluding carboxylic acids is 2. The lowest BCUT2D eigenvalue weighted by Crippen LogP contribution is -2.62. The van der Waals surface area contributed by atoms with Crippen molar-refractivity contribution in [3.63, 3.8) is 0 Å². The second-order valence-corrected chi connectivity index (χ2v) is 14.2. The molecule has 0 aromatic rings. The monoisotopic (exact) mass is 520 g/mol. The van der Waals surface area contributed by atoms with Crippen LogP contribution in [-0.2, 0) is 19.1 Å². The first-order valence-corrected chi connectivity index (χ1v) is 14.9. The van der Waals surface area contributed by atoms with E-state index in [9.17, 15) is 19.8 Å². The van der Waals surface area contributed by atoms with E-state index in [1.165, 1.54) is 7.11 Å². The predicted octanol–water partition coefficient (Wildman–Crippen LogP) is 5.52. The molecular weight excluding hydrogens is 468 g/mol. The molecule has 0 amide bonds. The Morgan fingerprint density at radius 2 is 1.76 bits per heavy atom. The Morgan fingerprint density at radius 3 is 2.41 bits per heavy atom. The quantitative estimate of drug-likeness (QED) is 0.429. The van der Waals surface area contributed by atoms with Crippen molar-refractivity contribution in [2.45, 2.75) is 124 Å². The first-order chi connectivity index (χ1) is 17.3. The number of carbonyl (C=O) groups is 2. The SMILES string of the molecule is CCC(C)(C)C(=O)O[C@H]1CC[C@@]2(C)C(CC(O)C3C2C[C@H](O)[C@]2(C)C(C(C)CCC(=O)OC)CCC32)C1. The third-order valence-electron chi connectivity index (χ3n) is 12.2. The Hall–Kier alpha value is -1.14. The molecule has 0 aromatic carbocycles. The highest BCUT2D eigenvalue weighted by atomic mass is 16.5. The van der Waals surface area contributed by atoms with Gasteiger partial charge in [-0.25, -0.2) is 0 Å². The van der Waals surface area contributed by atoms with Gasteiger partial charge in [-0.05, 0) is 118 Å². The molecular formula is C31H52O6. The fraction of sp³-hybridized carbons (Fsp3) is 0.935. The number of hydrogen-bond donors (Lipinski definition) is 2. The summed E-state index contributed by atoms with van der Waals surface area (Å²) in [5, 5.41) is 23.4. The van der Waals surface area contributed by atoms with Crippen molar-refractivity contribution in [3.05, 3.63) is 0 Å². The predicted molar refractivity (Wildman–Crippen MR) is 142 cm³/mol. The number of ether oxygens (including phenoxy) is 2. The third-order valence-corrected chi connectivity index (χ3v) is 12.2. The van der Waals surface area contributed by atoms with Gasteiger partial charge in [-0.1, -0.05) is 27.7 Å². The van der Waals surface area contributed by atoms with Gasteiger partial charge in [0.25, 0.3) is 0 Å². The maximum atomic E-state index is 12.8. The van der Waals surface area contributed by atoms with Crippen LogP contribution in [-0.4, -0.2) is 47.6 Å². The van der Waals surface area contributed by atoms with Crippen molar-refractivity contribution >= 4 is 11.9 Å². The lowest BCUT2D eigenvalue weighted by atomic mass is 9.43. The summed E-state index contributed by atoms with van der Waals surface area (Å²) in [7, 11) is 1.44. The second kappa shape index (κ2) is 10.4. The maximum Gasteiger partial charge on any atom is 0.311 e. The zero-order valence-corrected chi connectivity index (χ0v) is 24.3. The fourth-order valence-electron chi connectivity index (χ4n) is 9.33. The normalized spacial score (nSPS) is 44.2.